The smallest absolute Gasteiger partial charge is 0.267 e. The summed E-state index contributed by atoms with van der Waals surface area (Å²) in [6.07, 6.45) is 9.41. The zero-order chi connectivity index (χ0) is 18.1. The standard InChI is InChI=1S/C20H26N4O2/c1-24-15-5-3-6-16(24)11-14(10-15)23-19(25)18-9-13(12-22-18)17-7-4-8-21-20(17)26-2/h4,7-9,12,14-16,22H,3,5-6,10-11H2,1-2H3,(H,23,25)/t14?,15-,16+. The van der Waals surface area contributed by atoms with E-state index < -0.39 is 0 Å². The van der Waals surface area contributed by atoms with Crippen LogP contribution in [0.1, 0.15) is 42.6 Å². The van der Waals surface area contributed by atoms with E-state index in [4.69, 9.17) is 4.74 Å². The molecule has 2 bridgehead atoms. The molecule has 2 N–H and O–H groups in total. The van der Waals surface area contributed by atoms with Gasteiger partial charge in [-0.1, -0.05) is 6.42 Å². The number of hydrogen-bond acceptors (Lipinski definition) is 4. The lowest BCUT2D eigenvalue weighted by Crippen LogP contribution is -2.55. The summed E-state index contributed by atoms with van der Waals surface area (Å²) < 4.78 is 5.31. The van der Waals surface area contributed by atoms with Gasteiger partial charge in [0.05, 0.1) is 7.11 Å². The van der Waals surface area contributed by atoms with E-state index in [-0.39, 0.29) is 11.9 Å². The fourth-order valence-electron chi connectivity index (χ4n) is 4.45. The van der Waals surface area contributed by atoms with E-state index in [2.05, 4.69) is 27.2 Å². The first-order valence-electron chi connectivity index (χ1n) is 9.36. The predicted octanol–water partition coefficient (Wildman–Crippen LogP) is 2.83. The van der Waals surface area contributed by atoms with Crippen LogP contribution in [0.15, 0.2) is 30.6 Å². The number of rotatable bonds is 4. The number of methoxy groups -OCH3 is 1. The molecule has 6 nitrogen and oxygen atoms in total. The van der Waals surface area contributed by atoms with Crippen molar-refractivity contribution >= 4 is 5.91 Å². The van der Waals surface area contributed by atoms with Gasteiger partial charge in [0.1, 0.15) is 5.69 Å². The number of H-pyrrole nitrogens is 1. The van der Waals surface area contributed by atoms with Crippen molar-refractivity contribution in [3.63, 3.8) is 0 Å². The summed E-state index contributed by atoms with van der Waals surface area (Å²) in [5.41, 5.74) is 2.36. The number of hydrogen-bond donors (Lipinski definition) is 2. The van der Waals surface area contributed by atoms with Crippen molar-refractivity contribution in [3.8, 4) is 17.0 Å². The number of pyridine rings is 1. The molecule has 1 amide bonds. The minimum Gasteiger partial charge on any atom is -0.481 e. The van der Waals surface area contributed by atoms with Gasteiger partial charge in [0.2, 0.25) is 5.88 Å². The quantitative estimate of drug-likeness (QED) is 0.886. The van der Waals surface area contributed by atoms with Crippen molar-refractivity contribution in [1.29, 1.82) is 0 Å². The normalized spacial score (nSPS) is 25.7. The van der Waals surface area contributed by atoms with Crippen LogP contribution in [0.4, 0.5) is 0 Å². The van der Waals surface area contributed by atoms with Crippen molar-refractivity contribution in [3.05, 3.63) is 36.3 Å². The average molecular weight is 354 g/mol. The average Bonchev–Trinajstić information content (AvgIpc) is 3.12. The molecule has 2 aliphatic rings. The van der Waals surface area contributed by atoms with Gasteiger partial charge in [-0.2, -0.15) is 0 Å². The Morgan fingerprint density at radius 1 is 1.35 bits per heavy atom. The topological polar surface area (TPSA) is 70.2 Å². The van der Waals surface area contributed by atoms with Crippen molar-refractivity contribution in [2.45, 2.75) is 50.2 Å². The second-order valence-corrected chi connectivity index (χ2v) is 7.41. The van der Waals surface area contributed by atoms with Gasteiger partial charge in [-0.05, 0) is 50.9 Å². The molecule has 1 unspecified atom stereocenters. The Balaban J connectivity index is 1.45. The Morgan fingerprint density at radius 3 is 2.85 bits per heavy atom. The van der Waals surface area contributed by atoms with Crippen LogP contribution < -0.4 is 10.1 Å². The van der Waals surface area contributed by atoms with Crippen LogP contribution in [0.3, 0.4) is 0 Å². The van der Waals surface area contributed by atoms with Gasteiger partial charge in [-0.3, -0.25) is 4.79 Å². The molecule has 4 heterocycles. The van der Waals surface area contributed by atoms with E-state index in [0.29, 0.717) is 23.7 Å². The van der Waals surface area contributed by atoms with E-state index in [1.165, 1.54) is 19.3 Å². The molecule has 2 aromatic heterocycles. The summed E-state index contributed by atoms with van der Waals surface area (Å²) in [6, 6.07) is 7.13. The monoisotopic (exact) mass is 354 g/mol. The maximum Gasteiger partial charge on any atom is 0.267 e. The number of nitrogens with one attached hydrogen (secondary N) is 2. The molecule has 2 saturated heterocycles. The number of ether oxygens (including phenoxy) is 1. The molecule has 0 aliphatic carbocycles. The van der Waals surface area contributed by atoms with Gasteiger partial charge >= 0.3 is 0 Å². The summed E-state index contributed by atoms with van der Waals surface area (Å²) in [5, 5.41) is 3.23. The van der Waals surface area contributed by atoms with Crippen molar-refractivity contribution in [2.75, 3.05) is 14.2 Å². The Kier molecular flexibility index (Phi) is 4.68. The van der Waals surface area contributed by atoms with Gasteiger partial charge in [-0.15, -0.1) is 0 Å². The lowest BCUT2D eigenvalue weighted by atomic mass is 9.82. The number of nitrogens with zero attached hydrogens (tertiary/aromatic N) is 2. The highest BCUT2D eigenvalue weighted by atomic mass is 16.5. The third kappa shape index (κ3) is 3.21. The van der Waals surface area contributed by atoms with Crippen molar-refractivity contribution in [2.24, 2.45) is 0 Å². The van der Waals surface area contributed by atoms with Gasteiger partial charge in [0.25, 0.3) is 5.91 Å². The number of aromatic amines is 1. The molecule has 0 spiro atoms. The molecule has 4 rings (SSSR count). The van der Waals surface area contributed by atoms with Crippen LogP contribution in [-0.2, 0) is 0 Å². The molecule has 26 heavy (non-hydrogen) atoms. The first-order chi connectivity index (χ1) is 12.7. The molecule has 3 atom stereocenters. The minimum absolute atomic E-state index is 0.0354. The molecular formula is C20H26N4O2. The van der Waals surface area contributed by atoms with E-state index in [1.54, 1.807) is 13.3 Å². The lowest BCUT2D eigenvalue weighted by molar-refractivity contribution is 0.0462. The summed E-state index contributed by atoms with van der Waals surface area (Å²) in [7, 11) is 3.83. The van der Waals surface area contributed by atoms with Crippen LogP contribution in [0, 0.1) is 0 Å². The molecule has 2 fully saturated rings. The third-order valence-corrected chi connectivity index (χ3v) is 5.88. The molecule has 138 valence electrons. The summed E-state index contributed by atoms with van der Waals surface area (Å²) in [5.74, 6) is 0.522. The fraction of sp³-hybridized carbons (Fsp3) is 0.500. The highest BCUT2D eigenvalue weighted by Crippen LogP contribution is 2.33. The maximum absolute atomic E-state index is 12.7. The molecule has 0 radical (unpaired) electrons. The van der Waals surface area contributed by atoms with Crippen LogP contribution in [0.2, 0.25) is 0 Å². The predicted molar refractivity (Wildman–Crippen MR) is 100 cm³/mol. The molecule has 0 saturated carbocycles. The molecular weight excluding hydrogens is 328 g/mol. The van der Waals surface area contributed by atoms with Gasteiger partial charge in [-0.25, -0.2) is 4.98 Å². The molecule has 0 aromatic carbocycles. The Bertz CT molecular complexity index is 774. The van der Waals surface area contributed by atoms with Gasteiger partial charge in [0, 0.05) is 41.6 Å². The van der Waals surface area contributed by atoms with E-state index in [1.807, 2.05) is 24.4 Å². The number of aromatic nitrogens is 2. The van der Waals surface area contributed by atoms with Gasteiger partial charge in [0.15, 0.2) is 0 Å². The zero-order valence-corrected chi connectivity index (χ0v) is 15.4. The lowest BCUT2D eigenvalue weighted by Gasteiger charge is -2.47. The number of amides is 1. The molecule has 2 aliphatic heterocycles. The number of carbonyl (C=O) groups excluding carboxylic acids is 1. The fourth-order valence-corrected chi connectivity index (χ4v) is 4.45. The molecule has 2 aromatic rings. The summed E-state index contributed by atoms with van der Waals surface area (Å²) in [4.78, 5) is 22.5. The third-order valence-electron chi connectivity index (χ3n) is 5.88. The second kappa shape index (κ2) is 7.11. The summed E-state index contributed by atoms with van der Waals surface area (Å²) >= 11 is 0. The highest BCUT2D eigenvalue weighted by molar-refractivity contribution is 5.94. The first kappa shape index (κ1) is 17.1. The summed E-state index contributed by atoms with van der Waals surface area (Å²) in [6.45, 7) is 0. The Hall–Kier alpha value is -2.34. The van der Waals surface area contributed by atoms with E-state index >= 15 is 0 Å². The van der Waals surface area contributed by atoms with Crippen molar-refractivity contribution < 1.29 is 9.53 Å². The van der Waals surface area contributed by atoms with Crippen LogP contribution in [-0.4, -0.2) is 53.1 Å². The first-order valence-corrected chi connectivity index (χ1v) is 9.36. The minimum atomic E-state index is -0.0354. The van der Waals surface area contributed by atoms with Crippen LogP contribution >= 0.6 is 0 Å². The largest absolute Gasteiger partial charge is 0.481 e. The van der Waals surface area contributed by atoms with E-state index in [0.717, 1.165) is 24.0 Å². The SMILES string of the molecule is COc1ncccc1-c1c[nH]c(C(=O)NC2C[C@H]3CCC[C@@H](C2)N3C)c1. The Labute approximate surface area is 154 Å². The number of fused-ring (bicyclic) bond motifs is 2. The van der Waals surface area contributed by atoms with E-state index in [9.17, 15) is 4.79 Å². The van der Waals surface area contributed by atoms with Crippen LogP contribution in [0.25, 0.3) is 11.1 Å². The zero-order valence-electron chi connectivity index (χ0n) is 15.4. The van der Waals surface area contributed by atoms with Gasteiger partial charge < -0.3 is 19.9 Å². The molecule has 6 heteroatoms. The number of carbonyl (C=O) groups is 1. The second-order valence-electron chi connectivity index (χ2n) is 7.41. The van der Waals surface area contributed by atoms with Crippen LogP contribution in [0.5, 0.6) is 5.88 Å². The Morgan fingerprint density at radius 2 is 2.12 bits per heavy atom. The maximum atomic E-state index is 12.7. The van der Waals surface area contributed by atoms with Crippen molar-refractivity contribution in [1.82, 2.24) is 20.2 Å². The number of piperidine rings is 2. The highest BCUT2D eigenvalue weighted by Gasteiger charge is 2.36.